The Hall–Kier alpha value is -0.570. The number of hydrogen-bond donors (Lipinski definition) is 1. The minimum atomic E-state index is 0. The summed E-state index contributed by atoms with van der Waals surface area (Å²) in [6.45, 7) is 6.49. The fourth-order valence-electron chi connectivity index (χ4n) is 2.54. The highest BCUT2D eigenvalue weighted by molar-refractivity contribution is 5.85. The first-order valence-electron chi connectivity index (χ1n) is 5.82. The van der Waals surface area contributed by atoms with Crippen LogP contribution >= 0.6 is 12.4 Å². The van der Waals surface area contributed by atoms with Crippen molar-refractivity contribution >= 4 is 12.4 Å². The van der Waals surface area contributed by atoms with E-state index in [9.17, 15) is 0 Å². The third-order valence-corrected chi connectivity index (χ3v) is 3.49. The second kappa shape index (κ2) is 6.24. The monoisotopic (exact) mass is 240 g/mol. The molecule has 1 heterocycles. The van der Waals surface area contributed by atoms with Gasteiger partial charge in [-0.3, -0.25) is 0 Å². The Balaban J connectivity index is 0.00000128. The average molecular weight is 241 g/mol. The van der Waals surface area contributed by atoms with Crippen LogP contribution in [0.15, 0.2) is 30.3 Å². The molecule has 1 saturated heterocycles. The zero-order valence-corrected chi connectivity index (χ0v) is 10.6. The maximum Gasteiger partial charge on any atom is 0.00539 e. The van der Waals surface area contributed by atoms with E-state index in [4.69, 9.17) is 5.73 Å². The molecule has 0 radical (unpaired) electrons. The molecule has 0 spiro atoms. The van der Waals surface area contributed by atoms with Crippen molar-refractivity contribution < 1.29 is 0 Å². The Bertz CT molecular complexity index is 302. The summed E-state index contributed by atoms with van der Waals surface area (Å²) >= 11 is 0. The average Bonchev–Trinajstić information content (AvgIpc) is 2.73. The van der Waals surface area contributed by atoms with Gasteiger partial charge in [0.1, 0.15) is 0 Å². The summed E-state index contributed by atoms with van der Waals surface area (Å²) in [4.78, 5) is 2.50. The van der Waals surface area contributed by atoms with Crippen LogP contribution in [0, 0.1) is 5.92 Å². The van der Waals surface area contributed by atoms with Crippen molar-refractivity contribution in [1.82, 2.24) is 4.90 Å². The molecular formula is C13H21ClN2. The van der Waals surface area contributed by atoms with Gasteiger partial charge >= 0.3 is 0 Å². The number of halogens is 1. The first-order valence-corrected chi connectivity index (χ1v) is 5.82. The molecule has 2 N–H and O–H groups in total. The molecule has 1 aliphatic heterocycles. The van der Waals surface area contributed by atoms with Crippen molar-refractivity contribution in [2.75, 3.05) is 26.2 Å². The lowest BCUT2D eigenvalue weighted by Gasteiger charge is -2.16. The second-order valence-corrected chi connectivity index (χ2v) is 4.37. The SMILES string of the molecule is CCN1C[C@@H](CN)[C@H](c2ccccc2)C1.Cl. The van der Waals surface area contributed by atoms with Crippen LogP contribution in [0.1, 0.15) is 18.4 Å². The van der Waals surface area contributed by atoms with Crippen molar-refractivity contribution in [3.63, 3.8) is 0 Å². The van der Waals surface area contributed by atoms with Gasteiger partial charge in [-0.15, -0.1) is 12.4 Å². The van der Waals surface area contributed by atoms with Crippen molar-refractivity contribution in [2.45, 2.75) is 12.8 Å². The first kappa shape index (κ1) is 13.5. The minimum Gasteiger partial charge on any atom is -0.330 e. The molecule has 0 amide bonds. The molecule has 1 fully saturated rings. The fraction of sp³-hybridized carbons (Fsp3) is 0.538. The molecule has 2 nitrogen and oxygen atoms in total. The Morgan fingerprint density at radius 1 is 1.25 bits per heavy atom. The zero-order chi connectivity index (χ0) is 10.7. The summed E-state index contributed by atoms with van der Waals surface area (Å²) in [5.74, 6) is 1.27. The maximum absolute atomic E-state index is 5.85. The van der Waals surface area contributed by atoms with Gasteiger partial charge in [-0.2, -0.15) is 0 Å². The summed E-state index contributed by atoms with van der Waals surface area (Å²) in [7, 11) is 0. The molecule has 0 bridgehead atoms. The summed E-state index contributed by atoms with van der Waals surface area (Å²) in [5, 5.41) is 0. The normalized spacial score (nSPS) is 25.4. The molecule has 1 aliphatic rings. The number of likely N-dealkylation sites (tertiary alicyclic amines) is 1. The number of nitrogens with zero attached hydrogens (tertiary/aromatic N) is 1. The van der Waals surface area contributed by atoms with Crippen LogP contribution in [-0.4, -0.2) is 31.1 Å². The summed E-state index contributed by atoms with van der Waals surface area (Å²) in [6.07, 6.45) is 0. The largest absolute Gasteiger partial charge is 0.330 e. The lowest BCUT2D eigenvalue weighted by atomic mass is 9.89. The van der Waals surface area contributed by atoms with Crippen LogP contribution in [0.4, 0.5) is 0 Å². The highest BCUT2D eigenvalue weighted by atomic mass is 35.5. The van der Waals surface area contributed by atoms with Crippen molar-refractivity contribution in [3.8, 4) is 0 Å². The van der Waals surface area contributed by atoms with E-state index in [1.807, 2.05) is 0 Å². The van der Waals surface area contributed by atoms with Crippen molar-refractivity contribution in [3.05, 3.63) is 35.9 Å². The van der Waals surface area contributed by atoms with E-state index in [-0.39, 0.29) is 12.4 Å². The standard InChI is InChI=1S/C13H20N2.ClH/c1-2-15-9-12(8-14)13(10-15)11-6-4-3-5-7-11;/h3-7,12-13H,2,8-10,14H2,1H3;1H/t12-,13+;/m1./s1. The number of benzene rings is 1. The van der Waals surface area contributed by atoms with Crippen LogP contribution in [0.3, 0.4) is 0 Å². The van der Waals surface area contributed by atoms with Crippen molar-refractivity contribution in [1.29, 1.82) is 0 Å². The fourth-order valence-corrected chi connectivity index (χ4v) is 2.54. The van der Waals surface area contributed by atoms with Gasteiger partial charge in [0.15, 0.2) is 0 Å². The third-order valence-electron chi connectivity index (χ3n) is 3.49. The van der Waals surface area contributed by atoms with Gasteiger partial charge in [0, 0.05) is 19.0 Å². The molecule has 0 aromatic heterocycles. The number of rotatable bonds is 3. The number of hydrogen-bond acceptors (Lipinski definition) is 2. The molecule has 1 aromatic rings. The minimum absolute atomic E-state index is 0. The summed E-state index contributed by atoms with van der Waals surface area (Å²) in [6, 6.07) is 10.8. The highest BCUT2D eigenvalue weighted by Gasteiger charge is 2.31. The molecule has 2 rings (SSSR count). The predicted octanol–water partition coefficient (Wildman–Crippen LogP) is 2.10. The molecule has 0 unspecified atom stereocenters. The van der Waals surface area contributed by atoms with Gasteiger partial charge in [0.05, 0.1) is 0 Å². The lowest BCUT2D eigenvalue weighted by molar-refractivity contribution is 0.343. The predicted molar refractivity (Wildman–Crippen MR) is 71.1 cm³/mol. The van der Waals surface area contributed by atoms with E-state index in [1.54, 1.807) is 0 Å². The second-order valence-electron chi connectivity index (χ2n) is 4.37. The quantitative estimate of drug-likeness (QED) is 0.877. The Labute approximate surface area is 104 Å². The number of nitrogens with two attached hydrogens (primary N) is 1. The Morgan fingerprint density at radius 3 is 2.50 bits per heavy atom. The van der Waals surface area contributed by atoms with Crippen LogP contribution in [0.5, 0.6) is 0 Å². The summed E-state index contributed by atoms with van der Waals surface area (Å²) < 4.78 is 0. The molecule has 0 aliphatic carbocycles. The third kappa shape index (κ3) is 2.76. The van der Waals surface area contributed by atoms with E-state index in [0.717, 1.165) is 19.6 Å². The van der Waals surface area contributed by atoms with Crippen LogP contribution < -0.4 is 5.73 Å². The van der Waals surface area contributed by atoms with Gasteiger partial charge in [-0.25, -0.2) is 0 Å². The molecule has 3 heteroatoms. The molecule has 1 aromatic carbocycles. The van der Waals surface area contributed by atoms with Gasteiger partial charge in [-0.1, -0.05) is 37.3 Å². The van der Waals surface area contributed by atoms with E-state index in [2.05, 4.69) is 42.2 Å². The van der Waals surface area contributed by atoms with E-state index >= 15 is 0 Å². The highest BCUT2D eigenvalue weighted by Crippen LogP contribution is 2.31. The van der Waals surface area contributed by atoms with Gasteiger partial charge in [-0.05, 0) is 24.6 Å². The van der Waals surface area contributed by atoms with E-state index in [1.165, 1.54) is 12.1 Å². The smallest absolute Gasteiger partial charge is 0.00539 e. The van der Waals surface area contributed by atoms with Crippen LogP contribution in [0.2, 0.25) is 0 Å². The Kier molecular flexibility index (Phi) is 5.26. The molecule has 16 heavy (non-hydrogen) atoms. The number of likely N-dealkylation sites (N-methyl/N-ethyl adjacent to an activating group) is 1. The molecule has 2 atom stereocenters. The molecule has 0 saturated carbocycles. The lowest BCUT2D eigenvalue weighted by Crippen LogP contribution is -2.23. The molecular weight excluding hydrogens is 220 g/mol. The molecule has 90 valence electrons. The maximum atomic E-state index is 5.85. The zero-order valence-electron chi connectivity index (χ0n) is 9.80. The van der Waals surface area contributed by atoms with Gasteiger partial charge in [0.25, 0.3) is 0 Å². The van der Waals surface area contributed by atoms with Gasteiger partial charge < -0.3 is 10.6 Å². The first-order chi connectivity index (χ1) is 7.35. The van der Waals surface area contributed by atoms with Crippen molar-refractivity contribution in [2.24, 2.45) is 11.7 Å². The van der Waals surface area contributed by atoms with Crippen LogP contribution in [-0.2, 0) is 0 Å². The van der Waals surface area contributed by atoms with E-state index in [0.29, 0.717) is 11.8 Å². The van der Waals surface area contributed by atoms with Gasteiger partial charge in [0.2, 0.25) is 0 Å². The van der Waals surface area contributed by atoms with Crippen LogP contribution in [0.25, 0.3) is 0 Å². The topological polar surface area (TPSA) is 29.3 Å². The summed E-state index contributed by atoms with van der Waals surface area (Å²) in [5.41, 5.74) is 7.30. The van der Waals surface area contributed by atoms with E-state index < -0.39 is 0 Å². The Morgan fingerprint density at radius 2 is 1.94 bits per heavy atom.